The van der Waals surface area contributed by atoms with Gasteiger partial charge in [0, 0.05) is 37.9 Å². The van der Waals surface area contributed by atoms with Crippen LogP contribution in [-0.2, 0) is 26.6 Å². The number of hydrogen-bond acceptors (Lipinski definition) is 5. The summed E-state index contributed by atoms with van der Waals surface area (Å²) in [5.41, 5.74) is 2.26. The van der Waals surface area contributed by atoms with Gasteiger partial charge in [0.25, 0.3) is 5.91 Å². The number of carbonyl (C=O) groups is 1. The lowest BCUT2D eigenvalue weighted by Gasteiger charge is -2.31. The van der Waals surface area contributed by atoms with E-state index in [-0.39, 0.29) is 5.91 Å². The summed E-state index contributed by atoms with van der Waals surface area (Å²) >= 11 is 0. The minimum Gasteiger partial charge on any atom is -0.497 e. The summed E-state index contributed by atoms with van der Waals surface area (Å²) in [6, 6.07) is 7.35. The van der Waals surface area contributed by atoms with Gasteiger partial charge in [0.1, 0.15) is 11.6 Å². The summed E-state index contributed by atoms with van der Waals surface area (Å²) in [4.78, 5) is 19.9. The first kappa shape index (κ1) is 22.1. The van der Waals surface area contributed by atoms with Crippen LogP contribution in [0.2, 0.25) is 0 Å². The van der Waals surface area contributed by atoms with Gasteiger partial charge in [0.15, 0.2) is 0 Å². The van der Waals surface area contributed by atoms with Crippen LogP contribution in [0.4, 0.5) is 5.69 Å². The number of aryl methyl sites for hydroxylation is 2. The predicted octanol–water partition coefficient (Wildman–Crippen LogP) is 3.35. The van der Waals surface area contributed by atoms with E-state index in [0.29, 0.717) is 11.5 Å². The highest BCUT2D eigenvalue weighted by Gasteiger charge is 2.24. The van der Waals surface area contributed by atoms with Gasteiger partial charge in [0.2, 0.25) is 0 Å². The third-order valence-electron chi connectivity index (χ3n) is 6.19. The van der Waals surface area contributed by atoms with Crippen molar-refractivity contribution in [2.45, 2.75) is 39.3 Å². The summed E-state index contributed by atoms with van der Waals surface area (Å²) in [6.07, 6.45) is 8.76. The number of ether oxygens (including phenoxy) is 1. The van der Waals surface area contributed by atoms with E-state index in [4.69, 9.17) is 4.74 Å². The Morgan fingerprint density at radius 2 is 1.97 bits per heavy atom. The number of rotatable bonds is 8. The molecule has 0 radical (unpaired) electrons. The smallest absolute Gasteiger partial charge is 0.259 e. The fourth-order valence-electron chi connectivity index (χ4n) is 4.35. The zero-order valence-electron chi connectivity index (χ0n) is 19.1. The topological polar surface area (TPSA) is 77.2 Å². The number of likely N-dealkylation sites (tertiary alicyclic amines) is 1. The van der Waals surface area contributed by atoms with Crippen molar-refractivity contribution in [2.24, 2.45) is 13.0 Å². The molecular formula is C24H32N6O2. The van der Waals surface area contributed by atoms with Gasteiger partial charge in [0.05, 0.1) is 24.9 Å². The second-order valence-corrected chi connectivity index (χ2v) is 8.40. The van der Waals surface area contributed by atoms with Gasteiger partial charge in [-0.15, -0.1) is 0 Å². The molecule has 0 atom stereocenters. The largest absolute Gasteiger partial charge is 0.497 e. The van der Waals surface area contributed by atoms with Gasteiger partial charge >= 0.3 is 0 Å². The fourth-order valence-corrected chi connectivity index (χ4v) is 4.35. The molecule has 1 fully saturated rings. The SMILES string of the molecule is CCn1ccnc1CN1CCC(Cc2nn(C)cc2C(=O)Nc2ccc(OC)cc2)CC1. The zero-order valence-corrected chi connectivity index (χ0v) is 19.1. The van der Waals surface area contributed by atoms with Crippen LogP contribution in [0.25, 0.3) is 0 Å². The lowest BCUT2D eigenvalue weighted by Crippen LogP contribution is -2.34. The van der Waals surface area contributed by atoms with E-state index >= 15 is 0 Å². The van der Waals surface area contributed by atoms with Crippen molar-refractivity contribution >= 4 is 11.6 Å². The van der Waals surface area contributed by atoms with E-state index in [1.165, 1.54) is 0 Å². The van der Waals surface area contributed by atoms with Gasteiger partial charge in [-0.05, 0) is 69.5 Å². The van der Waals surface area contributed by atoms with Crippen LogP contribution in [0.5, 0.6) is 5.75 Å². The van der Waals surface area contributed by atoms with Crippen LogP contribution in [0, 0.1) is 5.92 Å². The maximum atomic E-state index is 12.9. The fraction of sp³-hybridized carbons (Fsp3) is 0.458. The van der Waals surface area contributed by atoms with Crippen LogP contribution in [0.3, 0.4) is 0 Å². The van der Waals surface area contributed by atoms with E-state index in [9.17, 15) is 4.79 Å². The highest BCUT2D eigenvalue weighted by Crippen LogP contribution is 2.24. The second-order valence-electron chi connectivity index (χ2n) is 8.40. The van der Waals surface area contributed by atoms with Crippen LogP contribution in [-0.4, -0.2) is 50.3 Å². The molecule has 0 aliphatic carbocycles. The van der Waals surface area contributed by atoms with E-state index < -0.39 is 0 Å². The lowest BCUT2D eigenvalue weighted by atomic mass is 9.91. The summed E-state index contributed by atoms with van der Waals surface area (Å²) in [5, 5.41) is 7.58. The number of aromatic nitrogens is 4. The molecule has 32 heavy (non-hydrogen) atoms. The average Bonchev–Trinajstić information content (AvgIpc) is 3.41. The highest BCUT2D eigenvalue weighted by molar-refractivity contribution is 6.04. The molecule has 0 unspecified atom stereocenters. The Morgan fingerprint density at radius 3 is 2.66 bits per heavy atom. The third kappa shape index (κ3) is 5.19. The van der Waals surface area contributed by atoms with Crippen LogP contribution in [0.1, 0.15) is 41.6 Å². The van der Waals surface area contributed by atoms with E-state index in [1.54, 1.807) is 11.8 Å². The monoisotopic (exact) mass is 436 g/mol. The number of benzene rings is 1. The molecule has 1 aliphatic rings. The average molecular weight is 437 g/mol. The number of nitrogens with zero attached hydrogens (tertiary/aromatic N) is 5. The Hall–Kier alpha value is -3.13. The van der Waals surface area contributed by atoms with Gasteiger partial charge in [-0.2, -0.15) is 5.10 Å². The summed E-state index contributed by atoms with van der Waals surface area (Å²) in [7, 11) is 3.49. The first-order chi connectivity index (χ1) is 15.6. The molecule has 1 saturated heterocycles. The normalized spacial score (nSPS) is 15.1. The maximum absolute atomic E-state index is 12.9. The van der Waals surface area contributed by atoms with Crippen LogP contribution in [0.15, 0.2) is 42.9 Å². The van der Waals surface area contributed by atoms with Crippen molar-refractivity contribution in [3.05, 3.63) is 59.9 Å². The number of amides is 1. The molecule has 1 N–H and O–H groups in total. The molecule has 2 aromatic heterocycles. The number of methoxy groups -OCH3 is 1. The predicted molar refractivity (Wildman–Crippen MR) is 124 cm³/mol. The first-order valence-electron chi connectivity index (χ1n) is 11.3. The van der Waals surface area contributed by atoms with Crippen LogP contribution >= 0.6 is 0 Å². The Kier molecular flexibility index (Phi) is 6.90. The molecule has 170 valence electrons. The highest BCUT2D eigenvalue weighted by atomic mass is 16.5. The zero-order chi connectivity index (χ0) is 22.5. The Labute approximate surface area is 189 Å². The summed E-state index contributed by atoms with van der Waals surface area (Å²) < 4.78 is 9.12. The van der Waals surface area contributed by atoms with Crippen molar-refractivity contribution in [3.63, 3.8) is 0 Å². The quantitative estimate of drug-likeness (QED) is 0.586. The van der Waals surface area contributed by atoms with Crippen molar-refractivity contribution in [3.8, 4) is 5.75 Å². The molecule has 8 nitrogen and oxygen atoms in total. The minimum atomic E-state index is -0.123. The molecular weight excluding hydrogens is 404 g/mol. The van der Waals surface area contributed by atoms with E-state index in [2.05, 4.69) is 31.8 Å². The van der Waals surface area contributed by atoms with Gasteiger partial charge in [-0.3, -0.25) is 14.4 Å². The summed E-state index contributed by atoms with van der Waals surface area (Å²) in [6.45, 7) is 6.08. The number of anilines is 1. The first-order valence-corrected chi connectivity index (χ1v) is 11.3. The number of piperidine rings is 1. The molecule has 3 heterocycles. The maximum Gasteiger partial charge on any atom is 0.259 e. The molecule has 0 saturated carbocycles. The number of carbonyl (C=O) groups excluding carboxylic acids is 1. The van der Waals surface area contributed by atoms with Crippen molar-refractivity contribution in [1.82, 2.24) is 24.2 Å². The molecule has 8 heteroatoms. The molecule has 4 rings (SSSR count). The standard InChI is InChI=1S/C24H32N6O2/c1-4-30-14-11-25-23(30)17-29-12-9-18(10-13-29)15-22-21(16-28(2)27-22)24(31)26-19-5-7-20(32-3)8-6-19/h5-8,11,14,16,18H,4,9-10,12-13,15,17H2,1-3H3,(H,26,31). The number of hydrogen-bond donors (Lipinski definition) is 1. The Bertz CT molecular complexity index is 1030. The number of imidazole rings is 1. The number of nitrogens with one attached hydrogen (secondary N) is 1. The second kappa shape index (κ2) is 9.99. The third-order valence-corrected chi connectivity index (χ3v) is 6.19. The summed E-state index contributed by atoms with van der Waals surface area (Å²) in [5.74, 6) is 2.30. The van der Waals surface area contributed by atoms with Gasteiger partial charge in [-0.25, -0.2) is 4.98 Å². The van der Waals surface area contributed by atoms with Crippen LogP contribution < -0.4 is 10.1 Å². The molecule has 1 aromatic carbocycles. The van der Waals surface area contributed by atoms with Crippen molar-refractivity contribution in [2.75, 3.05) is 25.5 Å². The molecule has 0 bridgehead atoms. The van der Waals surface area contributed by atoms with Crippen molar-refractivity contribution in [1.29, 1.82) is 0 Å². The van der Waals surface area contributed by atoms with E-state index in [0.717, 1.165) is 68.4 Å². The minimum absolute atomic E-state index is 0.123. The van der Waals surface area contributed by atoms with E-state index in [1.807, 2.05) is 49.9 Å². The van der Waals surface area contributed by atoms with Gasteiger partial charge in [-0.1, -0.05) is 0 Å². The Morgan fingerprint density at radius 1 is 1.22 bits per heavy atom. The van der Waals surface area contributed by atoms with Gasteiger partial charge < -0.3 is 14.6 Å². The Balaban J connectivity index is 1.34. The molecule has 1 aliphatic heterocycles. The lowest BCUT2D eigenvalue weighted by molar-refractivity contribution is 0.102. The molecule has 3 aromatic rings. The van der Waals surface area contributed by atoms with Crippen molar-refractivity contribution < 1.29 is 9.53 Å². The molecule has 1 amide bonds. The molecule has 0 spiro atoms.